The Labute approximate surface area is 145 Å². The Hall–Kier alpha value is -1.92. The van der Waals surface area contributed by atoms with Gasteiger partial charge in [-0.05, 0) is 42.0 Å². The first-order valence-electron chi connectivity index (χ1n) is 7.08. The van der Waals surface area contributed by atoms with Gasteiger partial charge in [-0.15, -0.1) is 0 Å². The van der Waals surface area contributed by atoms with E-state index in [1.54, 1.807) is 16.0 Å². The molecule has 0 aliphatic heterocycles. The third-order valence-electron chi connectivity index (χ3n) is 3.52. The number of fused-ring (bicyclic) bond motifs is 1. The largest absolute Gasteiger partial charge is 0.426 e. The van der Waals surface area contributed by atoms with Gasteiger partial charge in [0.1, 0.15) is 5.75 Å². The van der Waals surface area contributed by atoms with Crippen molar-refractivity contribution in [3.8, 4) is 5.75 Å². The van der Waals surface area contributed by atoms with Crippen LogP contribution in [0.3, 0.4) is 0 Å². The Balaban J connectivity index is 1.68. The summed E-state index contributed by atoms with van der Waals surface area (Å²) in [4.78, 5) is 23.5. The summed E-state index contributed by atoms with van der Waals surface area (Å²) in [6.07, 6.45) is 0.163. The first-order chi connectivity index (χ1) is 11.0. The SMILES string of the molecule is Cc1csc(=O)n1CCC(=O)Oc1ccc2cc(Br)ccc2c1. The molecule has 6 heteroatoms. The highest BCUT2D eigenvalue weighted by atomic mass is 79.9. The summed E-state index contributed by atoms with van der Waals surface area (Å²) in [5.74, 6) is 0.165. The summed E-state index contributed by atoms with van der Waals surface area (Å²) in [6, 6.07) is 11.4. The van der Waals surface area contributed by atoms with E-state index in [0.29, 0.717) is 12.3 Å². The van der Waals surface area contributed by atoms with Crippen LogP contribution in [0.4, 0.5) is 0 Å². The fraction of sp³-hybridized carbons (Fsp3) is 0.176. The van der Waals surface area contributed by atoms with Crippen molar-refractivity contribution in [3.05, 3.63) is 61.6 Å². The highest BCUT2D eigenvalue weighted by molar-refractivity contribution is 9.10. The van der Waals surface area contributed by atoms with Gasteiger partial charge in [-0.1, -0.05) is 39.4 Å². The second-order valence-electron chi connectivity index (χ2n) is 5.17. The zero-order valence-electron chi connectivity index (χ0n) is 12.4. The van der Waals surface area contributed by atoms with Crippen molar-refractivity contribution in [1.29, 1.82) is 0 Å². The number of benzene rings is 2. The van der Waals surface area contributed by atoms with Crippen molar-refractivity contribution in [2.75, 3.05) is 0 Å². The number of esters is 1. The maximum absolute atomic E-state index is 12.0. The van der Waals surface area contributed by atoms with Crippen LogP contribution < -0.4 is 9.61 Å². The van der Waals surface area contributed by atoms with Gasteiger partial charge in [-0.3, -0.25) is 9.59 Å². The highest BCUT2D eigenvalue weighted by Gasteiger charge is 2.09. The molecule has 1 aromatic heterocycles. The molecule has 118 valence electrons. The molecule has 0 N–H and O–H groups in total. The van der Waals surface area contributed by atoms with Crippen molar-refractivity contribution in [2.24, 2.45) is 0 Å². The van der Waals surface area contributed by atoms with Gasteiger partial charge < -0.3 is 9.30 Å². The highest BCUT2D eigenvalue weighted by Crippen LogP contribution is 2.24. The number of nitrogens with zero attached hydrogens (tertiary/aromatic N) is 1. The minimum Gasteiger partial charge on any atom is -0.426 e. The normalized spacial score (nSPS) is 10.9. The minimum atomic E-state index is -0.348. The molecule has 0 aliphatic rings. The number of hydrogen-bond donors (Lipinski definition) is 0. The minimum absolute atomic E-state index is 0.0495. The second-order valence-corrected chi connectivity index (χ2v) is 6.91. The van der Waals surface area contributed by atoms with Crippen LogP contribution in [-0.2, 0) is 11.3 Å². The van der Waals surface area contributed by atoms with Crippen LogP contribution in [0.5, 0.6) is 5.75 Å². The third-order valence-corrected chi connectivity index (χ3v) is 4.90. The van der Waals surface area contributed by atoms with Gasteiger partial charge in [0.25, 0.3) is 0 Å². The van der Waals surface area contributed by atoms with E-state index >= 15 is 0 Å². The van der Waals surface area contributed by atoms with Crippen LogP contribution >= 0.6 is 27.3 Å². The Morgan fingerprint density at radius 2 is 1.96 bits per heavy atom. The number of halogens is 1. The Kier molecular flexibility index (Phi) is 4.63. The zero-order valence-corrected chi connectivity index (χ0v) is 14.8. The van der Waals surface area contributed by atoms with Crippen molar-refractivity contribution in [1.82, 2.24) is 4.57 Å². The molecular formula is C17H14BrNO3S. The van der Waals surface area contributed by atoms with Gasteiger partial charge in [-0.25, -0.2) is 0 Å². The first-order valence-corrected chi connectivity index (χ1v) is 8.75. The van der Waals surface area contributed by atoms with Gasteiger partial charge in [0.2, 0.25) is 0 Å². The van der Waals surface area contributed by atoms with E-state index in [2.05, 4.69) is 15.9 Å². The van der Waals surface area contributed by atoms with Crippen molar-refractivity contribution < 1.29 is 9.53 Å². The maximum Gasteiger partial charge on any atom is 0.312 e. The Bertz CT molecular complexity index is 929. The standard InChI is InChI=1S/C17H14BrNO3S/c1-11-10-23-17(21)19(11)7-6-16(20)22-15-5-3-12-8-14(18)4-2-13(12)9-15/h2-5,8-10H,6-7H2,1H3. The lowest BCUT2D eigenvalue weighted by atomic mass is 10.1. The molecule has 0 saturated carbocycles. The van der Waals surface area contributed by atoms with E-state index in [9.17, 15) is 9.59 Å². The zero-order chi connectivity index (χ0) is 16.4. The first kappa shape index (κ1) is 16.0. The average Bonchev–Trinajstić information content (AvgIpc) is 2.84. The lowest BCUT2D eigenvalue weighted by Gasteiger charge is -2.07. The molecule has 0 radical (unpaired) electrons. The molecule has 0 bridgehead atoms. The summed E-state index contributed by atoms with van der Waals surface area (Å²) < 4.78 is 7.96. The Morgan fingerprint density at radius 3 is 2.70 bits per heavy atom. The lowest BCUT2D eigenvalue weighted by Crippen LogP contribution is -2.19. The van der Waals surface area contributed by atoms with Crippen LogP contribution in [0.2, 0.25) is 0 Å². The molecule has 0 spiro atoms. The molecule has 0 aliphatic carbocycles. The number of rotatable bonds is 4. The molecule has 0 atom stereocenters. The number of carbonyl (C=O) groups is 1. The molecule has 0 saturated heterocycles. The van der Waals surface area contributed by atoms with Crippen LogP contribution in [-0.4, -0.2) is 10.5 Å². The van der Waals surface area contributed by atoms with E-state index in [1.807, 2.05) is 37.3 Å². The number of aryl methyl sites for hydroxylation is 1. The summed E-state index contributed by atoms with van der Waals surface area (Å²) in [5, 5.41) is 3.86. The fourth-order valence-corrected chi connectivity index (χ4v) is 3.46. The summed E-state index contributed by atoms with van der Waals surface area (Å²) in [5.41, 5.74) is 0.865. The molecular weight excluding hydrogens is 378 g/mol. The van der Waals surface area contributed by atoms with Crippen molar-refractivity contribution in [3.63, 3.8) is 0 Å². The molecule has 4 nitrogen and oxygen atoms in total. The quantitative estimate of drug-likeness (QED) is 0.496. The van der Waals surface area contributed by atoms with Gasteiger partial charge in [0, 0.05) is 22.1 Å². The van der Waals surface area contributed by atoms with E-state index < -0.39 is 0 Å². The van der Waals surface area contributed by atoms with Crippen LogP contribution in [0.15, 0.2) is 51.0 Å². The molecule has 0 unspecified atom stereocenters. The molecule has 2 aromatic carbocycles. The lowest BCUT2D eigenvalue weighted by molar-refractivity contribution is -0.134. The summed E-state index contributed by atoms with van der Waals surface area (Å²) >= 11 is 4.57. The van der Waals surface area contributed by atoms with Gasteiger partial charge in [0.15, 0.2) is 0 Å². The molecule has 1 heterocycles. The smallest absolute Gasteiger partial charge is 0.312 e. The number of ether oxygens (including phenoxy) is 1. The topological polar surface area (TPSA) is 48.3 Å². The van der Waals surface area contributed by atoms with Gasteiger partial charge in [-0.2, -0.15) is 0 Å². The predicted octanol–water partition coefficient (Wildman–Crippen LogP) is 4.13. The van der Waals surface area contributed by atoms with Gasteiger partial charge in [0.05, 0.1) is 6.42 Å². The maximum atomic E-state index is 12.0. The number of aromatic nitrogens is 1. The van der Waals surface area contributed by atoms with E-state index in [0.717, 1.165) is 32.3 Å². The summed E-state index contributed by atoms with van der Waals surface area (Å²) in [7, 11) is 0. The Morgan fingerprint density at radius 1 is 1.22 bits per heavy atom. The third kappa shape index (κ3) is 3.71. The van der Waals surface area contributed by atoms with Gasteiger partial charge >= 0.3 is 10.8 Å². The summed E-state index contributed by atoms with van der Waals surface area (Å²) in [6.45, 7) is 2.19. The molecule has 3 rings (SSSR count). The second kappa shape index (κ2) is 6.68. The number of hydrogen-bond acceptors (Lipinski definition) is 4. The van der Waals surface area contributed by atoms with Crippen LogP contribution in [0.1, 0.15) is 12.1 Å². The van der Waals surface area contributed by atoms with Crippen LogP contribution in [0.25, 0.3) is 10.8 Å². The van der Waals surface area contributed by atoms with Crippen LogP contribution in [0, 0.1) is 6.92 Å². The van der Waals surface area contributed by atoms with E-state index in [4.69, 9.17) is 4.74 Å². The number of carbonyl (C=O) groups excluding carboxylic acids is 1. The number of thiazole rings is 1. The van der Waals surface area contributed by atoms with E-state index in [1.165, 1.54) is 0 Å². The molecule has 0 amide bonds. The average molecular weight is 392 g/mol. The van der Waals surface area contributed by atoms with E-state index in [-0.39, 0.29) is 17.3 Å². The predicted molar refractivity (Wildman–Crippen MR) is 95.2 cm³/mol. The fourth-order valence-electron chi connectivity index (χ4n) is 2.32. The molecule has 23 heavy (non-hydrogen) atoms. The molecule has 3 aromatic rings. The monoisotopic (exact) mass is 391 g/mol. The van der Waals surface area contributed by atoms with Crippen molar-refractivity contribution >= 4 is 44.0 Å². The van der Waals surface area contributed by atoms with Crippen molar-refractivity contribution in [2.45, 2.75) is 19.9 Å². The molecule has 0 fully saturated rings.